The third-order valence-electron chi connectivity index (χ3n) is 4.47. The molecule has 130 valence electrons. The van der Waals surface area contributed by atoms with Gasteiger partial charge in [-0.1, -0.05) is 12.1 Å². The van der Waals surface area contributed by atoms with Gasteiger partial charge in [0.05, 0.1) is 5.92 Å². The molecule has 0 unspecified atom stereocenters. The van der Waals surface area contributed by atoms with Gasteiger partial charge in [0.25, 0.3) is 5.91 Å². The zero-order chi connectivity index (χ0) is 17.5. The Balaban J connectivity index is 1.80. The lowest BCUT2D eigenvalue weighted by Gasteiger charge is -2.25. The summed E-state index contributed by atoms with van der Waals surface area (Å²) in [5.41, 5.74) is 1.52. The van der Waals surface area contributed by atoms with Gasteiger partial charge in [0, 0.05) is 24.6 Å². The van der Waals surface area contributed by atoms with Crippen LogP contribution in [0.15, 0.2) is 24.3 Å². The zero-order valence-corrected chi connectivity index (χ0v) is 13.9. The van der Waals surface area contributed by atoms with Crippen LogP contribution in [-0.2, 0) is 16.1 Å². The van der Waals surface area contributed by atoms with Crippen molar-refractivity contribution in [1.29, 1.82) is 0 Å². The smallest absolute Gasteiger partial charge is 0.306 e. The first-order valence-electron chi connectivity index (χ1n) is 8.39. The second-order valence-corrected chi connectivity index (χ2v) is 6.16. The third kappa shape index (κ3) is 4.81. The maximum Gasteiger partial charge on any atom is 0.306 e. The summed E-state index contributed by atoms with van der Waals surface area (Å²) in [7, 11) is 0. The van der Waals surface area contributed by atoms with E-state index in [1.54, 1.807) is 12.1 Å². The predicted molar refractivity (Wildman–Crippen MR) is 89.4 cm³/mol. The van der Waals surface area contributed by atoms with Crippen molar-refractivity contribution in [3.63, 3.8) is 0 Å². The Morgan fingerprint density at radius 3 is 2.12 bits per heavy atom. The molecule has 2 rings (SSSR count). The van der Waals surface area contributed by atoms with Gasteiger partial charge in [-0.25, -0.2) is 0 Å². The molecule has 0 aliphatic heterocycles. The van der Waals surface area contributed by atoms with E-state index in [-0.39, 0.29) is 23.7 Å². The minimum Gasteiger partial charge on any atom is -0.481 e. The second-order valence-electron chi connectivity index (χ2n) is 6.16. The molecule has 1 aliphatic carbocycles. The highest BCUT2D eigenvalue weighted by Gasteiger charge is 2.29. The average molecular weight is 332 g/mol. The van der Waals surface area contributed by atoms with Crippen molar-refractivity contribution in [2.75, 3.05) is 6.54 Å². The van der Waals surface area contributed by atoms with Gasteiger partial charge in [-0.3, -0.25) is 14.4 Å². The SMILES string of the molecule is CCNC(=O)c1ccc(CNC(=O)C2CCC(C(=O)O)CC2)cc1. The highest BCUT2D eigenvalue weighted by Crippen LogP contribution is 2.29. The van der Waals surface area contributed by atoms with Crippen LogP contribution in [0.1, 0.15) is 48.5 Å². The maximum absolute atomic E-state index is 12.2. The molecule has 0 saturated heterocycles. The summed E-state index contributed by atoms with van der Waals surface area (Å²) >= 11 is 0. The Morgan fingerprint density at radius 1 is 1.00 bits per heavy atom. The first-order valence-corrected chi connectivity index (χ1v) is 8.39. The number of rotatable bonds is 6. The van der Waals surface area contributed by atoms with Gasteiger partial charge in [-0.2, -0.15) is 0 Å². The van der Waals surface area contributed by atoms with E-state index in [0.717, 1.165) is 5.56 Å². The van der Waals surface area contributed by atoms with Crippen molar-refractivity contribution < 1.29 is 19.5 Å². The van der Waals surface area contributed by atoms with Crippen LogP contribution in [0.4, 0.5) is 0 Å². The summed E-state index contributed by atoms with van der Waals surface area (Å²) in [6, 6.07) is 7.13. The number of carboxylic acid groups (broad SMARTS) is 1. The Labute approximate surface area is 141 Å². The molecule has 0 heterocycles. The molecule has 1 aromatic rings. The summed E-state index contributed by atoms with van der Waals surface area (Å²) in [4.78, 5) is 34.8. The fourth-order valence-corrected chi connectivity index (χ4v) is 2.97. The first kappa shape index (κ1) is 18.0. The van der Waals surface area contributed by atoms with E-state index in [4.69, 9.17) is 5.11 Å². The Morgan fingerprint density at radius 2 is 1.58 bits per heavy atom. The fourth-order valence-electron chi connectivity index (χ4n) is 2.97. The number of hydrogen-bond acceptors (Lipinski definition) is 3. The molecule has 1 fully saturated rings. The van der Waals surface area contributed by atoms with E-state index in [2.05, 4.69) is 10.6 Å². The van der Waals surface area contributed by atoms with E-state index in [9.17, 15) is 14.4 Å². The molecule has 1 saturated carbocycles. The van der Waals surface area contributed by atoms with Gasteiger partial charge in [-0.05, 0) is 50.3 Å². The van der Waals surface area contributed by atoms with Gasteiger partial charge in [-0.15, -0.1) is 0 Å². The molecule has 1 aromatic carbocycles. The lowest BCUT2D eigenvalue weighted by Crippen LogP contribution is -2.34. The topological polar surface area (TPSA) is 95.5 Å². The summed E-state index contributed by atoms with van der Waals surface area (Å²) in [5.74, 6) is -1.30. The summed E-state index contributed by atoms with van der Waals surface area (Å²) in [6.07, 6.45) is 2.38. The highest BCUT2D eigenvalue weighted by atomic mass is 16.4. The van der Waals surface area contributed by atoms with Crippen molar-refractivity contribution >= 4 is 17.8 Å². The Kier molecular flexibility index (Phi) is 6.35. The molecule has 0 aromatic heterocycles. The molecule has 0 radical (unpaired) electrons. The van der Waals surface area contributed by atoms with Crippen molar-refractivity contribution in [1.82, 2.24) is 10.6 Å². The Bertz CT molecular complexity index is 590. The van der Waals surface area contributed by atoms with E-state index in [1.165, 1.54) is 0 Å². The maximum atomic E-state index is 12.2. The average Bonchev–Trinajstić information content (AvgIpc) is 2.60. The van der Waals surface area contributed by atoms with E-state index >= 15 is 0 Å². The summed E-state index contributed by atoms with van der Waals surface area (Å²) in [6.45, 7) is 2.86. The van der Waals surface area contributed by atoms with Crippen LogP contribution in [0, 0.1) is 11.8 Å². The van der Waals surface area contributed by atoms with E-state index < -0.39 is 5.97 Å². The van der Waals surface area contributed by atoms with Crippen molar-refractivity contribution in [2.45, 2.75) is 39.2 Å². The van der Waals surface area contributed by atoms with Crippen LogP contribution in [0.25, 0.3) is 0 Å². The minimum atomic E-state index is -0.763. The molecule has 0 atom stereocenters. The standard InChI is InChI=1S/C18H24N2O4/c1-2-19-16(21)13-5-3-12(4-6-13)11-20-17(22)14-7-9-15(10-8-14)18(23)24/h3-6,14-15H,2,7-11H2,1H3,(H,19,21)(H,20,22)(H,23,24). The Hall–Kier alpha value is -2.37. The molecule has 6 heteroatoms. The molecular formula is C18H24N2O4. The van der Waals surface area contributed by atoms with Crippen LogP contribution in [-0.4, -0.2) is 29.4 Å². The number of benzene rings is 1. The number of carbonyl (C=O) groups excluding carboxylic acids is 2. The monoisotopic (exact) mass is 332 g/mol. The van der Waals surface area contributed by atoms with Gasteiger partial charge in [0.15, 0.2) is 0 Å². The second kappa shape index (κ2) is 8.47. The minimum absolute atomic E-state index is 0.0216. The predicted octanol–water partition coefficient (Wildman–Crippen LogP) is 1.94. The summed E-state index contributed by atoms with van der Waals surface area (Å²) < 4.78 is 0. The van der Waals surface area contributed by atoms with Crippen LogP contribution in [0.2, 0.25) is 0 Å². The normalized spacial score (nSPS) is 20.2. The molecule has 24 heavy (non-hydrogen) atoms. The van der Waals surface area contributed by atoms with E-state index in [0.29, 0.717) is 44.3 Å². The summed E-state index contributed by atoms with van der Waals surface area (Å²) in [5, 5.41) is 14.6. The van der Waals surface area contributed by atoms with Crippen molar-refractivity contribution in [3.05, 3.63) is 35.4 Å². The fraction of sp³-hybridized carbons (Fsp3) is 0.500. The number of carboxylic acids is 1. The number of amides is 2. The molecule has 0 spiro atoms. The van der Waals surface area contributed by atoms with Crippen LogP contribution < -0.4 is 10.6 Å². The lowest BCUT2D eigenvalue weighted by molar-refractivity contribution is -0.144. The highest BCUT2D eigenvalue weighted by molar-refractivity contribution is 5.94. The molecule has 1 aliphatic rings. The quantitative estimate of drug-likeness (QED) is 0.742. The number of aliphatic carboxylic acids is 1. The number of carbonyl (C=O) groups is 3. The zero-order valence-electron chi connectivity index (χ0n) is 13.9. The van der Waals surface area contributed by atoms with Crippen LogP contribution in [0.3, 0.4) is 0 Å². The first-order chi connectivity index (χ1) is 11.5. The van der Waals surface area contributed by atoms with Crippen molar-refractivity contribution in [2.24, 2.45) is 11.8 Å². The molecule has 3 N–H and O–H groups in total. The van der Waals surface area contributed by atoms with Crippen LogP contribution in [0.5, 0.6) is 0 Å². The third-order valence-corrected chi connectivity index (χ3v) is 4.47. The largest absolute Gasteiger partial charge is 0.481 e. The molecule has 2 amide bonds. The van der Waals surface area contributed by atoms with Gasteiger partial charge in [0.2, 0.25) is 5.91 Å². The number of hydrogen-bond donors (Lipinski definition) is 3. The molecule has 6 nitrogen and oxygen atoms in total. The van der Waals surface area contributed by atoms with Gasteiger partial charge in [0.1, 0.15) is 0 Å². The number of nitrogens with one attached hydrogen (secondary N) is 2. The van der Waals surface area contributed by atoms with E-state index in [1.807, 2.05) is 19.1 Å². The van der Waals surface area contributed by atoms with Gasteiger partial charge >= 0.3 is 5.97 Å². The molecular weight excluding hydrogens is 308 g/mol. The van der Waals surface area contributed by atoms with Crippen LogP contribution >= 0.6 is 0 Å². The van der Waals surface area contributed by atoms with Crippen molar-refractivity contribution in [3.8, 4) is 0 Å². The molecule has 0 bridgehead atoms. The lowest BCUT2D eigenvalue weighted by atomic mass is 9.81. The van der Waals surface area contributed by atoms with Gasteiger partial charge < -0.3 is 15.7 Å².